The van der Waals surface area contributed by atoms with E-state index in [2.05, 4.69) is 22.1 Å². The largest absolute Gasteiger partial charge is 0.366 e. The van der Waals surface area contributed by atoms with Crippen molar-refractivity contribution in [1.82, 2.24) is 15.3 Å². The van der Waals surface area contributed by atoms with Gasteiger partial charge in [-0.15, -0.1) is 0 Å². The molecule has 0 unspecified atom stereocenters. The zero-order chi connectivity index (χ0) is 16.9. The van der Waals surface area contributed by atoms with Gasteiger partial charge in [-0.05, 0) is 30.7 Å². The lowest BCUT2D eigenvalue weighted by Gasteiger charge is -2.29. The number of hydrogen-bond acceptors (Lipinski definition) is 5. The number of rotatable bonds is 5. The van der Waals surface area contributed by atoms with Crippen molar-refractivity contribution in [3.05, 3.63) is 41.7 Å². The van der Waals surface area contributed by atoms with Gasteiger partial charge in [-0.3, -0.25) is 9.78 Å². The van der Waals surface area contributed by atoms with Gasteiger partial charge >= 0.3 is 0 Å². The average molecular weight is 325 g/mol. The molecule has 24 heavy (non-hydrogen) atoms. The van der Waals surface area contributed by atoms with Gasteiger partial charge in [-0.2, -0.15) is 0 Å². The summed E-state index contributed by atoms with van der Waals surface area (Å²) >= 11 is 0. The third-order valence-corrected chi connectivity index (χ3v) is 4.16. The molecule has 0 spiro atoms. The quantitative estimate of drug-likeness (QED) is 0.872. The number of carbonyl (C=O) groups is 1. The number of carbonyl (C=O) groups excluding carboxylic acids is 1. The van der Waals surface area contributed by atoms with Crippen LogP contribution in [0, 0.1) is 0 Å². The highest BCUT2D eigenvalue weighted by atomic mass is 16.1. The predicted octanol–water partition coefficient (Wildman–Crippen LogP) is 1.60. The van der Waals surface area contributed by atoms with E-state index in [0.29, 0.717) is 5.56 Å². The van der Waals surface area contributed by atoms with E-state index in [0.717, 1.165) is 61.8 Å². The summed E-state index contributed by atoms with van der Waals surface area (Å²) in [6.45, 7) is 5.68. The molecule has 3 heterocycles. The van der Waals surface area contributed by atoms with E-state index in [4.69, 9.17) is 10.7 Å². The minimum Gasteiger partial charge on any atom is -0.366 e. The molecule has 0 aromatic carbocycles. The van der Waals surface area contributed by atoms with Gasteiger partial charge in [-0.25, -0.2) is 4.98 Å². The number of hydrogen-bond donors (Lipinski definition) is 2. The third kappa shape index (κ3) is 3.71. The number of pyridine rings is 2. The number of nitrogens with zero attached hydrogens (tertiary/aromatic N) is 3. The fourth-order valence-electron chi connectivity index (χ4n) is 2.89. The standard InChI is InChI=1S/C18H23N5O/c1-2-3-15-10-13(4-5-21-15)16-11-14(18(19)24)12-17(22-16)23-8-6-20-7-9-23/h4-5,10-12,20H,2-3,6-9H2,1H3,(H2,19,24). The first-order chi connectivity index (χ1) is 11.7. The van der Waals surface area contributed by atoms with Crippen LogP contribution in [0.15, 0.2) is 30.5 Å². The second kappa shape index (κ2) is 7.40. The molecule has 1 aliphatic heterocycles. The van der Waals surface area contributed by atoms with Gasteiger partial charge in [0.05, 0.1) is 5.69 Å². The summed E-state index contributed by atoms with van der Waals surface area (Å²) in [6, 6.07) is 7.51. The van der Waals surface area contributed by atoms with Gasteiger partial charge in [-0.1, -0.05) is 13.3 Å². The fourth-order valence-corrected chi connectivity index (χ4v) is 2.89. The number of nitrogens with one attached hydrogen (secondary N) is 1. The summed E-state index contributed by atoms with van der Waals surface area (Å²) in [5, 5.41) is 3.32. The van der Waals surface area contributed by atoms with Crippen LogP contribution in [0.3, 0.4) is 0 Å². The van der Waals surface area contributed by atoms with E-state index < -0.39 is 5.91 Å². The van der Waals surface area contributed by atoms with Crippen LogP contribution in [0.5, 0.6) is 0 Å². The first-order valence-corrected chi connectivity index (χ1v) is 8.40. The van der Waals surface area contributed by atoms with Crippen LogP contribution < -0.4 is 16.0 Å². The number of aromatic nitrogens is 2. The molecule has 0 bridgehead atoms. The monoisotopic (exact) mass is 325 g/mol. The molecule has 2 aromatic rings. The van der Waals surface area contributed by atoms with Crippen LogP contribution in [-0.2, 0) is 6.42 Å². The maximum absolute atomic E-state index is 11.7. The molecule has 0 radical (unpaired) electrons. The second-order valence-corrected chi connectivity index (χ2v) is 5.99. The SMILES string of the molecule is CCCc1cc(-c2cc(C(N)=O)cc(N3CCNCC3)n2)ccn1. The molecule has 1 amide bonds. The summed E-state index contributed by atoms with van der Waals surface area (Å²) in [7, 11) is 0. The van der Waals surface area contributed by atoms with Gasteiger partial charge in [0.25, 0.3) is 0 Å². The Morgan fingerprint density at radius 1 is 1.29 bits per heavy atom. The number of anilines is 1. The number of primary amides is 1. The van der Waals surface area contributed by atoms with Gasteiger partial charge < -0.3 is 16.0 Å². The first-order valence-electron chi connectivity index (χ1n) is 8.40. The van der Waals surface area contributed by atoms with E-state index in [9.17, 15) is 4.79 Å². The van der Waals surface area contributed by atoms with Crippen LogP contribution in [0.25, 0.3) is 11.3 Å². The van der Waals surface area contributed by atoms with E-state index in [1.165, 1.54) is 0 Å². The number of nitrogens with two attached hydrogens (primary N) is 1. The van der Waals surface area contributed by atoms with Crippen molar-refractivity contribution in [3.63, 3.8) is 0 Å². The van der Waals surface area contributed by atoms with Crippen molar-refractivity contribution in [2.75, 3.05) is 31.1 Å². The third-order valence-electron chi connectivity index (χ3n) is 4.16. The van der Waals surface area contributed by atoms with Crippen LogP contribution in [-0.4, -0.2) is 42.1 Å². The summed E-state index contributed by atoms with van der Waals surface area (Å²) in [6.07, 6.45) is 3.76. The van der Waals surface area contributed by atoms with Crippen molar-refractivity contribution in [2.24, 2.45) is 5.73 Å². The molecular weight excluding hydrogens is 302 g/mol. The zero-order valence-corrected chi connectivity index (χ0v) is 14.0. The Morgan fingerprint density at radius 2 is 2.08 bits per heavy atom. The molecule has 6 nitrogen and oxygen atoms in total. The molecular formula is C18H23N5O. The van der Waals surface area contributed by atoms with E-state index >= 15 is 0 Å². The molecule has 1 aliphatic rings. The molecule has 0 atom stereocenters. The Labute approximate surface area is 142 Å². The van der Waals surface area contributed by atoms with Crippen LogP contribution in [0.4, 0.5) is 5.82 Å². The highest BCUT2D eigenvalue weighted by Gasteiger charge is 2.16. The lowest BCUT2D eigenvalue weighted by atomic mass is 10.1. The normalized spacial score (nSPS) is 14.6. The van der Waals surface area contributed by atoms with Gasteiger partial charge in [0.1, 0.15) is 5.82 Å². The molecule has 1 saturated heterocycles. The van der Waals surface area contributed by atoms with E-state index in [1.54, 1.807) is 18.3 Å². The predicted molar refractivity (Wildman–Crippen MR) is 95.1 cm³/mol. The van der Waals surface area contributed by atoms with Crippen LogP contribution >= 0.6 is 0 Å². The summed E-state index contributed by atoms with van der Waals surface area (Å²) in [4.78, 5) is 23.1. The Morgan fingerprint density at radius 3 is 2.79 bits per heavy atom. The summed E-state index contributed by atoms with van der Waals surface area (Å²) in [5.41, 5.74) is 8.78. The molecule has 6 heteroatoms. The number of amides is 1. The Kier molecular flexibility index (Phi) is 5.05. The highest BCUT2D eigenvalue weighted by molar-refractivity contribution is 5.94. The Balaban J connectivity index is 2.01. The minimum atomic E-state index is -0.433. The highest BCUT2D eigenvalue weighted by Crippen LogP contribution is 2.24. The summed E-state index contributed by atoms with van der Waals surface area (Å²) in [5.74, 6) is 0.370. The molecule has 126 valence electrons. The van der Waals surface area contributed by atoms with Crippen molar-refractivity contribution in [2.45, 2.75) is 19.8 Å². The molecule has 2 aromatic heterocycles. The molecule has 0 saturated carbocycles. The van der Waals surface area contributed by atoms with Crippen molar-refractivity contribution in [1.29, 1.82) is 0 Å². The van der Waals surface area contributed by atoms with Crippen LogP contribution in [0.2, 0.25) is 0 Å². The van der Waals surface area contributed by atoms with Gasteiger partial charge in [0.15, 0.2) is 0 Å². The summed E-state index contributed by atoms with van der Waals surface area (Å²) < 4.78 is 0. The van der Waals surface area contributed by atoms with Crippen molar-refractivity contribution in [3.8, 4) is 11.3 Å². The molecule has 1 fully saturated rings. The molecule has 3 rings (SSSR count). The molecule has 3 N–H and O–H groups in total. The van der Waals surface area contributed by atoms with Crippen molar-refractivity contribution < 1.29 is 4.79 Å². The van der Waals surface area contributed by atoms with Crippen LogP contribution in [0.1, 0.15) is 29.4 Å². The smallest absolute Gasteiger partial charge is 0.248 e. The zero-order valence-electron chi connectivity index (χ0n) is 14.0. The topological polar surface area (TPSA) is 84.1 Å². The maximum Gasteiger partial charge on any atom is 0.248 e. The lowest BCUT2D eigenvalue weighted by molar-refractivity contribution is 0.1000. The first kappa shape index (κ1) is 16.4. The number of piperazine rings is 1. The molecule has 0 aliphatic carbocycles. The fraction of sp³-hybridized carbons (Fsp3) is 0.389. The Bertz CT molecular complexity index is 725. The second-order valence-electron chi connectivity index (χ2n) is 5.99. The minimum absolute atomic E-state index is 0.433. The van der Waals surface area contributed by atoms with E-state index in [1.807, 2.05) is 12.1 Å². The number of aryl methyl sites for hydroxylation is 1. The van der Waals surface area contributed by atoms with Gasteiger partial charge in [0.2, 0.25) is 5.91 Å². The lowest BCUT2D eigenvalue weighted by Crippen LogP contribution is -2.44. The maximum atomic E-state index is 11.7. The van der Waals surface area contributed by atoms with Crippen molar-refractivity contribution >= 4 is 11.7 Å². The van der Waals surface area contributed by atoms with Gasteiger partial charge in [0, 0.05) is 49.2 Å². The van der Waals surface area contributed by atoms with E-state index in [-0.39, 0.29) is 0 Å². The average Bonchev–Trinajstić information content (AvgIpc) is 2.62. The Hall–Kier alpha value is -2.47.